The van der Waals surface area contributed by atoms with E-state index in [1.54, 1.807) is 0 Å². The minimum atomic E-state index is -0.265. The first kappa shape index (κ1) is 52.9. The summed E-state index contributed by atoms with van der Waals surface area (Å²) < 4.78 is 9.71. The summed E-state index contributed by atoms with van der Waals surface area (Å²) >= 11 is 9.07. The van der Waals surface area contributed by atoms with Gasteiger partial charge in [-0.2, -0.15) is 0 Å². The topological polar surface area (TPSA) is 52.6 Å². The van der Waals surface area contributed by atoms with Crippen LogP contribution in [0.2, 0.25) is 0 Å². The Morgan fingerprint density at radius 3 is 1.09 bits per heavy atom. The molecule has 0 atom stereocenters. The molecule has 43 heavy (non-hydrogen) atoms. The molecule has 0 N–H and O–H groups in total. The van der Waals surface area contributed by atoms with Crippen molar-refractivity contribution in [3.8, 4) is 0 Å². The van der Waals surface area contributed by atoms with Crippen LogP contribution >= 0.6 is 25.3 Å². The maximum absolute atomic E-state index is 10.6. The SMILES string of the molecule is CC(C)CCCCCOC(=O)C[S].CC(C)CCCCCOC(=O)C[S].[CH2]CCCCCCC.[CH2]CCCCCCC.[Sn]. The second-order valence-corrected chi connectivity index (χ2v) is 12.3. The van der Waals surface area contributed by atoms with E-state index in [0.717, 1.165) is 50.4 Å². The summed E-state index contributed by atoms with van der Waals surface area (Å²) in [5, 5.41) is 0. The molecular weight excluding hydrogens is 679 g/mol. The second-order valence-electron chi connectivity index (χ2n) is 11.8. The minimum Gasteiger partial charge on any atom is -0.465 e. The van der Waals surface area contributed by atoms with Crippen LogP contribution in [0.5, 0.6) is 0 Å². The molecule has 0 spiro atoms. The Balaban J connectivity index is -0.000000152. The first-order valence-corrected chi connectivity index (χ1v) is 18.4. The molecule has 0 aliphatic rings. The van der Waals surface area contributed by atoms with Gasteiger partial charge in [0.05, 0.1) is 13.2 Å². The molecular formula is C36H72O4S2Sn. The van der Waals surface area contributed by atoms with Crippen molar-refractivity contribution in [2.24, 2.45) is 11.8 Å². The van der Waals surface area contributed by atoms with E-state index in [0.29, 0.717) is 13.2 Å². The molecule has 0 amide bonds. The van der Waals surface area contributed by atoms with E-state index in [4.69, 9.17) is 9.47 Å². The van der Waals surface area contributed by atoms with Crippen molar-refractivity contribution in [1.29, 1.82) is 0 Å². The third-order valence-electron chi connectivity index (χ3n) is 6.32. The van der Waals surface area contributed by atoms with E-state index in [-0.39, 0.29) is 47.4 Å². The quantitative estimate of drug-likeness (QED) is 0.0560. The first-order chi connectivity index (χ1) is 20.2. The van der Waals surface area contributed by atoms with Gasteiger partial charge in [-0.15, -0.1) is 0 Å². The zero-order valence-electron chi connectivity index (χ0n) is 29.5. The van der Waals surface area contributed by atoms with Crippen LogP contribution in [0.15, 0.2) is 0 Å². The molecule has 4 nitrogen and oxygen atoms in total. The molecule has 256 valence electrons. The Labute approximate surface area is 298 Å². The third kappa shape index (κ3) is 66.0. The van der Waals surface area contributed by atoms with Crippen LogP contribution < -0.4 is 0 Å². The molecule has 0 saturated heterocycles. The predicted molar refractivity (Wildman–Crippen MR) is 197 cm³/mol. The van der Waals surface area contributed by atoms with Crippen molar-refractivity contribution in [1.82, 2.24) is 0 Å². The average molecular weight is 752 g/mol. The van der Waals surface area contributed by atoms with Crippen molar-refractivity contribution in [3.63, 3.8) is 0 Å². The van der Waals surface area contributed by atoms with Gasteiger partial charge in [-0.05, 0) is 24.7 Å². The van der Waals surface area contributed by atoms with Gasteiger partial charge in [0.2, 0.25) is 0 Å². The Morgan fingerprint density at radius 1 is 0.535 bits per heavy atom. The molecule has 0 rings (SSSR count). The summed E-state index contributed by atoms with van der Waals surface area (Å²) in [7, 11) is 0. The number of rotatable bonds is 24. The Morgan fingerprint density at radius 2 is 0.837 bits per heavy atom. The van der Waals surface area contributed by atoms with E-state index < -0.39 is 0 Å². The van der Waals surface area contributed by atoms with E-state index in [1.807, 2.05) is 0 Å². The van der Waals surface area contributed by atoms with Gasteiger partial charge in [0.25, 0.3) is 0 Å². The van der Waals surface area contributed by atoms with Crippen LogP contribution in [0.3, 0.4) is 0 Å². The number of unbranched alkanes of at least 4 members (excludes halogenated alkanes) is 14. The summed E-state index contributed by atoms with van der Waals surface area (Å²) in [5.74, 6) is 1.17. The molecule has 7 heteroatoms. The Kier molecular flexibility index (Phi) is 60.7. The smallest absolute Gasteiger partial charge is 0.316 e. The number of carbonyl (C=O) groups is 2. The van der Waals surface area contributed by atoms with E-state index in [2.05, 4.69) is 80.6 Å². The molecule has 0 heterocycles. The number of hydrogen-bond donors (Lipinski definition) is 0. The molecule has 8 radical (unpaired) electrons. The molecule has 0 aliphatic heterocycles. The Hall–Kier alpha value is 0.439. The van der Waals surface area contributed by atoms with Gasteiger partial charge in [0.1, 0.15) is 11.5 Å². The summed E-state index contributed by atoms with van der Waals surface area (Å²) in [6.07, 6.45) is 25.1. The Bertz CT molecular complexity index is 450. The van der Waals surface area contributed by atoms with Crippen LogP contribution in [0.1, 0.15) is 170 Å². The minimum absolute atomic E-state index is 0. The largest absolute Gasteiger partial charge is 0.465 e. The van der Waals surface area contributed by atoms with Gasteiger partial charge in [-0.25, -0.2) is 0 Å². The van der Waals surface area contributed by atoms with E-state index in [1.165, 1.54) is 89.9 Å². The summed E-state index contributed by atoms with van der Waals surface area (Å²) in [6, 6.07) is 0. The zero-order valence-corrected chi connectivity index (χ0v) is 34.0. The zero-order chi connectivity index (χ0) is 32.7. The van der Waals surface area contributed by atoms with Crippen molar-refractivity contribution >= 4 is 61.1 Å². The van der Waals surface area contributed by atoms with Crippen LogP contribution in [-0.2, 0) is 19.1 Å². The van der Waals surface area contributed by atoms with Gasteiger partial charge in [0, 0.05) is 23.9 Å². The maximum Gasteiger partial charge on any atom is 0.316 e. The van der Waals surface area contributed by atoms with Crippen LogP contribution in [0.4, 0.5) is 0 Å². The van der Waals surface area contributed by atoms with Crippen LogP contribution in [0.25, 0.3) is 0 Å². The molecule has 0 aliphatic carbocycles. The number of esters is 2. The fraction of sp³-hybridized carbons (Fsp3) is 0.889. The first-order valence-electron chi connectivity index (χ1n) is 17.2. The van der Waals surface area contributed by atoms with Gasteiger partial charge < -0.3 is 9.47 Å². The fourth-order valence-electron chi connectivity index (χ4n) is 3.68. The number of ether oxygens (including phenoxy) is 2. The van der Waals surface area contributed by atoms with Crippen molar-refractivity contribution in [2.45, 2.75) is 170 Å². The van der Waals surface area contributed by atoms with Crippen molar-refractivity contribution in [2.75, 3.05) is 24.7 Å². The van der Waals surface area contributed by atoms with Gasteiger partial charge in [-0.1, -0.05) is 196 Å². The molecule has 0 unspecified atom stereocenters. The number of hydrogen-bond acceptors (Lipinski definition) is 4. The molecule has 0 fully saturated rings. The van der Waals surface area contributed by atoms with Gasteiger partial charge in [0.15, 0.2) is 0 Å². The molecule has 0 saturated carbocycles. The van der Waals surface area contributed by atoms with Crippen molar-refractivity contribution < 1.29 is 19.1 Å². The molecule has 0 bridgehead atoms. The average Bonchev–Trinajstić information content (AvgIpc) is 2.97. The van der Waals surface area contributed by atoms with Crippen LogP contribution in [0, 0.1) is 25.7 Å². The van der Waals surface area contributed by atoms with E-state index in [9.17, 15) is 9.59 Å². The van der Waals surface area contributed by atoms with Gasteiger partial charge in [-0.3, -0.25) is 9.59 Å². The van der Waals surface area contributed by atoms with Gasteiger partial charge >= 0.3 is 11.9 Å². The summed E-state index contributed by atoms with van der Waals surface area (Å²) in [4.78, 5) is 21.3. The summed E-state index contributed by atoms with van der Waals surface area (Å²) in [5.41, 5.74) is 0. The molecule has 0 aromatic heterocycles. The normalized spacial score (nSPS) is 9.95. The maximum atomic E-state index is 10.6. The molecule has 0 aromatic rings. The monoisotopic (exact) mass is 752 g/mol. The second kappa shape index (κ2) is 49.3. The van der Waals surface area contributed by atoms with Crippen LogP contribution in [-0.4, -0.2) is 60.6 Å². The van der Waals surface area contributed by atoms with E-state index >= 15 is 0 Å². The predicted octanol–water partition coefficient (Wildman–Crippen LogP) is 11.9. The van der Waals surface area contributed by atoms with Crippen molar-refractivity contribution in [3.05, 3.63) is 13.8 Å². The number of carbonyl (C=O) groups excluding carboxylic acids is 2. The fourth-order valence-corrected chi connectivity index (χ4v) is 3.85. The summed E-state index contributed by atoms with van der Waals surface area (Å²) in [6.45, 7) is 22.0. The third-order valence-corrected chi connectivity index (χ3v) is 6.79. The molecule has 0 aromatic carbocycles. The standard InChI is InChI=1S/2C10H19O2S.2C8H17.Sn/c2*1-9(2)6-4-3-5-7-12-10(11)8-13;2*1-3-5-7-8-6-4-2;/h2*9H,3-8H2,1-2H3;2*1,3-8H2,2H3;.